The maximum atomic E-state index is 12.2. The number of carbonyl (C=O) groups is 1. The van der Waals surface area contributed by atoms with Gasteiger partial charge in [-0.3, -0.25) is 4.79 Å². The molecule has 0 aliphatic carbocycles. The van der Waals surface area contributed by atoms with Gasteiger partial charge in [-0.15, -0.1) is 0 Å². The number of ether oxygens (including phenoxy) is 1. The number of carbonyl (C=O) groups excluding carboxylic acids is 1. The topological polar surface area (TPSA) is 50.4 Å². The van der Waals surface area contributed by atoms with Crippen molar-refractivity contribution in [2.24, 2.45) is 5.92 Å². The lowest BCUT2D eigenvalue weighted by atomic mass is 10.0. The second-order valence-corrected chi connectivity index (χ2v) is 5.14. The molecule has 19 heavy (non-hydrogen) atoms. The van der Waals surface area contributed by atoms with Gasteiger partial charge in [0.25, 0.3) is 0 Å². The Morgan fingerprint density at radius 3 is 3.05 bits per heavy atom. The second kappa shape index (κ2) is 6.89. The minimum Gasteiger partial charge on any atom is -0.379 e. The molecule has 0 bridgehead atoms. The van der Waals surface area contributed by atoms with E-state index in [0.29, 0.717) is 18.2 Å². The van der Waals surface area contributed by atoms with Gasteiger partial charge in [-0.1, -0.05) is 24.6 Å². The molecule has 1 saturated heterocycles. The molecule has 0 aromatic heterocycles. The van der Waals surface area contributed by atoms with E-state index in [0.717, 1.165) is 18.7 Å². The molecule has 0 spiro atoms. The third kappa shape index (κ3) is 3.93. The summed E-state index contributed by atoms with van der Waals surface area (Å²) in [5, 5.41) is 6.85. The summed E-state index contributed by atoms with van der Waals surface area (Å²) in [4.78, 5) is 12.2. The number of rotatable bonds is 5. The highest BCUT2D eigenvalue weighted by Crippen LogP contribution is 2.19. The smallest absolute Gasteiger partial charge is 0.231 e. The fourth-order valence-electron chi connectivity index (χ4n) is 2.14. The fraction of sp³-hybridized carbons (Fsp3) is 0.500. The van der Waals surface area contributed by atoms with Gasteiger partial charge in [-0.05, 0) is 31.2 Å². The standard InChI is InChI=1S/C14H19ClN2O2/c1-2-6-16-13-9-19-8-12(13)14(18)17-11-5-3-4-10(15)7-11/h3-5,7,12-13,16H,2,6,8-9H2,1H3,(H,17,18). The molecule has 0 saturated carbocycles. The van der Waals surface area contributed by atoms with Gasteiger partial charge in [0.1, 0.15) is 0 Å². The Morgan fingerprint density at radius 1 is 1.47 bits per heavy atom. The zero-order valence-corrected chi connectivity index (χ0v) is 11.7. The minimum atomic E-state index is -0.148. The SMILES string of the molecule is CCCNC1COCC1C(=O)Nc1cccc(Cl)c1. The fourth-order valence-corrected chi connectivity index (χ4v) is 2.34. The molecule has 1 aromatic carbocycles. The number of hydrogen-bond donors (Lipinski definition) is 2. The molecule has 104 valence electrons. The lowest BCUT2D eigenvalue weighted by Crippen LogP contribution is -2.41. The number of benzene rings is 1. The molecule has 2 unspecified atom stereocenters. The van der Waals surface area contributed by atoms with Gasteiger partial charge >= 0.3 is 0 Å². The van der Waals surface area contributed by atoms with Crippen LogP contribution in [0.5, 0.6) is 0 Å². The molecule has 1 amide bonds. The summed E-state index contributed by atoms with van der Waals surface area (Å²) in [5.74, 6) is -0.168. The minimum absolute atomic E-state index is 0.0200. The van der Waals surface area contributed by atoms with Crippen LogP contribution in [0.15, 0.2) is 24.3 Å². The van der Waals surface area contributed by atoms with Gasteiger partial charge in [-0.2, -0.15) is 0 Å². The maximum absolute atomic E-state index is 12.2. The summed E-state index contributed by atoms with van der Waals surface area (Å²) >= 11 is 5.90. The summed E-state index contributed by atoms with van der Waals surface area (Å²) in [6.07, 6.45) is 1.04. The highest BCUT2D eigenvalue weighted by Gasteiger charge is 2.33. The van der Waals surface area contributed by atoms with Gasteiger partial charge in [0.15, 0.2) is 0 Å². The van der Waals surface area contributed by atoms with Crippen molar-refractivity contribution in [3.05, 3.63) is 29.3 Å². The summed E-state index contributed by atoms with van der Waals surface area (Å²) in [5.41, 5.74) is 0.721. The van der Waals surface area contributed by atoms with Crippen molar-refractivity contribution in [1.29, 1.82) is 0 Å². The third-order valence-electron chi connectivity index (χ3n) is 3.17. The Kier molecular flexibility index (Phi) is 5.19. The molecule has 2 N–H and O–H groups in total. The molecule has 1 fully saturated rings. The van der Waals surface area contributed by atoms with Gasteiger partial charge in [0.2, 0.25) is 5.91 Å². The first-order chi connectivity index (χ1) is 9.20. The van der Waals surface area contributed by atoms with Crippen LogP contribution >= 0.6 is 11.6 Å². The summed E-state index contributed by atoms with van der Waals surface area (Å²) < 4.78 is 5.40. The largest absolute Gasteiger partial charge is 0.379 e. The predicted molar refractivity (Wildman–Crippen MR) is 76.5 cm³/mol. The molecule has 1 aliphatic heterocycles. The first-order valence-corrected chi connectivity index (χ1v) is 6.96. The van der Waals surface area contributed by atoms with Crippen LogP contribution in [-0.4, -0.2) is 31.7 Å². The normalized spacial score (nSPS) is 22.4. The second-order valence-electron chi connectivity index (χ2n) is 4.70. The summed E-state index contributed by atoms with van der Waals surface area (Å²) in [6, 6.07) is 7.26. The molecule has 2 atom stereocenters. The number of hydrogen-bond acceptors (Lipinski definition) is 3. The molecule has 4 nitrogen and oxygen atoms in total. The van der Waals surface area contributed by atoms with Crippen molar-refractivity contribution in [2.45, 2.75) is 19.4 Å². The highest BCUT2D eigenvalue weighted by atomic mass is 35.5. The Hall–Kier alpha value is -1.10. The van der Waals surface area contributed by atoms with Gasteiger partial charge < -0.3 is 15.4 Å². The average Bonchev–Trinajstić information content (AvgIpc) is 2.84. The average molecular weight is 283 g/mol. The van der Waals surface area contributed by atoms with Crippen LogP contribution in [0.1, 0.15) is 13.3 Å². The molecule has 1 heterocycles. The molecular formula is C14H19ClN2O2. The number of nitrogens with one attached hydrogen (secondary N) is 2. The van der Waals surface area contributed by atoms with Crippen molar-refractivity contribution in [3.8, 4) is 0 Å². The van der Waals surface area contributed by atoms with Crippen molar-refractivity contribution in [1.82, 2.24) is 5.32 Å². The Bertz CT molecular complexity index is 439. The molecule has 5 heteroatoms. The number of anilines is 1. The van der Waals surface area contributed by atoms with E-state index in [-0.39, 0.29) is 17.9 Å². The monoisotopic (exact) mass is 282 g/mol. The Balaban J connectivity index is 1.95. The molecule has 1 aliphatic rings. The van der Waals surface area contributed by atoms with Crippen molar-refractivity contribution >= 4 is 23.2 Å². The van der Waals surface area contributed by atoms with Crippen LogP contribution in [0.25, 0.3) is 0 Å². The van der Waals surface area contributed by atoms with E-state index in [1.165, 1.54) is 0 Å². The van der Waals surface area contributed by atoms with Crippen LogP contribution in [0, 0.1) is 5.92 Å². The van der Waals surface area contributed by atoms with Crippen molar-refractivity contribution in [2.75, 3.05) is 25.1 Å². The van der Waals surface area contributed by atoms with E-state index in [2.05, 4.69) is 17.6 Å². The maximum Gasteiger partial charge on any atom is 0.231 e. The zero-order valence-electron chi connectivity index (χ0n) is 11.0. The van der Waals surface area contributed by atoms with Gasteiger partial charge in [0, 0.05) is 16.8 Å². The Labute approximate surface area is 118 Å². The quantitative estimate of drug-likeness (QED) is 0.871. The summed E-state index contributed by atoms with van der Waals surface area (Å²) in [6.45, 7) is 4.06. The Morgan fingerprint density at radius 2 is 2.32 bits per heavy atom. The summed E-state index contributed by atoms with van der Waals surface area (Å²) in [7, 11) is 0. The van der Waals surface area contributed by atoms with Crippen LogP contribution in [0.4, 0.5) is 5.69 Å². The van der Waals surface area contributed by atoms with E-state index in [4.69, 9.17) is 16.3 Å². The number of amides is 1. The van der Waals surface area contributed by atoms with E-state index in [1.807, 2.05) is 12.1 Å². The van der Waals surface area contributed by atoms with E-state index in [1.54, 1.807) is 12.1 Å². The van der Waals surface area contributed by atoms with E-state index in [9.17, 15) is 4.79 Å². The van der Waals surface area contributed by atoms with Gasteiger partial charge in [0.05, 0.1) is 19.1 Å². The molecule has 0 radical (unpaired) electrons. The predicted octanol–water partition coefficient (Wildman–Crippen LogP) is 2.29. The molecular weight excluding hydrogens is 264 g/mol. The first kappa shape index (κ1) is 14.3. The zero-order chi connectivity index (χ0) is 13.7. The van der Waals surface area contributed by atoms with E-state index >= 15 is 0 Å². The van der Waals surface area contributed by atoms with Crippen molar-refractivity contribution in [3.63, 3.8) is 0 Å². The van der Waals surface area contributed by atoms with Gasteiger partial charge in [-0.25, -0.2) is 0 Å². The van der Waals surface area contributed by atoms with Crippen LogP contribution in [-0.2, 0) is 9.53 Å². The van der Waals surface area contributed by atoms with Crippen LogP contribution < -0.4 is 10.6 Å². The van der Waals surface area contributed by atoms with Crippen LogP contribution in [0.3, 0.4) is 0 Å². The van der Waals surface area contributed by atoms with E-state index < -0.39 is 0 Å². The van der Waals surface area contributed by atoms with Crippen molar-refractivity contribution < 1.29 is 9.53 Å². The molecule has 1 aromatic rings. The lowest BCUT2D eigenvalue weighted by Gasteiger charge is -2.18. The highest BCUT2D eigenvalue weighted by molar-refractivity contribution is 6.30. The third-order valence-corrected chi connectivity index (χ3v) is 3.40. The van der Waals surface area contributed by atoms with Crippen LogP contribution in [0.2, 0.25) is 5.02 Å². The first-order valence-electron chi connectivity index (χ1n) is 6.58. The molecule has 2 rings (SSSR count). The lowest BCUT2D eigenvalue weighted by molar-refractivity contribution is -0.120. The number of halogens is 1.